The molecule has 2 heteroatoms. The molecule has 0 aromatic heterocycles. The number of rotatable bonds is 2. The molecule has 66 valence electrons. The molecule has 1 aromatic carbocycles. The highest BCUT2D eigenvalue weighted by atomic mass is 35.5. The molecule has 0 unspecified atom stereocenters. The highest BCUT2D eigenvalue weighted by molar-refractivity contribution is 6.31. The molecule has 0 aliphatic heterocycles. The SMILES string of the molecule is Cc1cc(OC(C)C)ccc1Cl. The van der Waals surface area contributed by atoms with E-state index in [1.165, 1.54) is 0 Å². The Balaban J connectivity index is 2.82. The van der Waals surface area contributed by atoms with Gasteiger partial charge in [-0.15, -0.1) is 0 Å². The first kappa shape index (κ1) is 9.40. The second kappa shape index (κ2) is 3.81. The summed E-state index contributed by atoms with van der Waals surface area (Å²) in [7, 11) is 0. The minimum Gasteiger partial charge on any atom is -0.491 e. The van der Waals surface area contributed by atoms with Crippen LogP contribution in [0, 0.1) is 6.92 Å². The molecule has 0 fully saturated rings. The van der Waals surface area contributed by atoms with E-state index in [9.17, 15) is 0 Å². The Labute approximate surface area is 78.3 Å². The zero-order valence-corrected chi connectivity index (χ0v) is 8.35. The number of halogens is 1. The fourth-order valence-electron chi connectivity index (χ4n) is 0.963. The van der Waals surface area contributed by atoms with Crippen LogP contribution in [0.2, 0.25) is 5.02 Å². The van der Waals surface area contributed by atoms with Crippen LogP contribution < -0.4 is 4.74 Å². The van der Waals surface area contributed by atoms with E-state index >= 15 is 0 Å². The van der Waals surface area contributed by atoms with E-state index in [1.54, 1.807) is 0 Å². The van der Waals surface area contributed by atoms with E-state index < -0.39 is 0 Å². The molecular formula is C10H13ClO. The maximum atomic E-state index is 5.86. The highest BCUT2D eigenvalue weighted by Crippen LogP contribution is 2.21. The van der Waals surface area contributed by atoms with Gasteiger partial charge in [-0.05, 0) is 44.5 Å². The summed E-state index contributed by atoms with van der Waals surface area (Å²) in [6.45, 7) is 5.98. The Morgan fingerprint density at radius 3 is 2.50 bits per heavy atom. The summed E-state index contributed by atoms with van der Waals surface area (Å²) in [5.41, 5.74) is 1.05. The summed E-state index contributed by atoms with van der Waals surface area (Å²) < 4.78 is 5.49. The predicted molar refractivity (Wildman–Crippen MR) is 52.0 cm³/mol. The third-order valence-electron chi connectivity index (χ3n) is 1.50. The second-order valence-electron chi connectivity index (χ2n) is 3.08. The molecule has 0 N–H and O–H groups in total. The zero-order chi connectivity index (χ0) is 9.14. The fraction of sp³-hybridized carbons (Fsp3) is 0.400. The van der Waals surface area contributed by atoms with Crippen molar-refractivity contribution in [3.05, 3.63) is 28.8 Å². The first-order chi connectivity index (χ1) is 5.59. The molecule has 1 nitrogen and oxygen atoms in total. The third-order valence-corrected chi connectivity index (χ3v) is 1.93. The molecule has 1 aromatic rings. The quantitative estimate of drug-likeness (QED) is 0.684. The van der Waals surface area contributed by atoms with Gasteiger partial charge in [0.05, 0.1) is 6.10 Å². The monoisotopic (exact) mass is 184 g/mol. The molecule has 0 aliphatic carbocycles. The minimum atomic E-state index is 0.213. The van der Waals surface area contributed by atoms with E-state index in [4.69, 9.17) is 16.3 Å². The van der Waals surface area contributed by atoms with Crippen LogP contribution in [0.4, 0.5) is 0 Å². The van der Waals surface area contributed by atoms with Gasteiger partial charge in [0.1, 0.15) is 5.75 Å². The van der Waals surface area contributed by atoms with E-state index in [0.717, 1.165) is 16.3 Å². The van der Waals surface area contributed by atoms with Crippen molar-refractivity contribution in [1.82, 2.24) is 0 Å². The molecule has 0 saturated carbocycles. The number of ether oxygens (including phenoxy) is 1. The van der Waals surface area contributed by atoms with Crippen LogP contribution in [0.1, 0.15) is 19.4 Å². The number of hydrogen-bond donors (Lipinski definition) is 0. The van der Waals surface area contributed by atoms with Gasteiger partial charge in [0.15, 0.2) is 0 Å². The molecule has 0 atom stereocenters. The first-order valence-corrected chi connectivity index (χ1v) is 4.40. The van der Waals surface area contributed by atoms with E-state index in [2.05, 4.69) is 0 Å². The van der Waals surface area contributed by atoms with Gasteiger partial charge >= 0.3 is 0 Å². The summed E-state index contributed by atoms with van der Waals surface area (Å²) in [5.74, 6) is 0.881. The average Bonchev–Trinajstić information content (AvgIpc) is 1.96. The molecule has 0 heterocycles. The van der Waals surface area contributed by atoms with Crippen molar-refractivity contribution < 1.29 is 4.74 Å². The lowest BCUT2D eigenvalue weighted by Gasteiger charge is -2.10. The molecule has 0 bridgehead atoms. The molecule has 0 saturated heterocycles. The van der Waals surface area contributed by atoms with Gasteiger partial charge in [-0.1, -0.05) is 11.6 Å². The van der Waals surface area contributed by atoms with Crippen molar-refractivity contribution >= 4 is 11.6 Å². The Hall–Kier alpha value is -0.690. The van der Waals surface area contributed by atoms with Gasteiger partial charge in [0, 0.05) is 5.02 Å². The third kappa shape index (κ3) is 2.42. The maximum absolute atomic E-state index is 5.86. The maximum Gasteiger partial charge on any atom is 0.120 e. The van der Waals surface area contributed by atoms with Gasteiger partial charge in [-0.2, -0.15) is 0 Å². The van der Waals surface area contributed by atoms with Crippen LogP contribution in [-0.2, 0) is 0 Å². The van der Waals surface area contributed by atoms with Crippen molar-refractivity contribution in [3.8, 4) is 5.75 Å². The Kier molecular flexibility index (Phi) is 2.99. The molecule has 0 radical (unpaired) electrons. The van der Waals surface area contributed by atoms with Gasteiger partial charge < -0.3 is 4.74 Å². The van der Waals surface area contributed by atoms with Crippen LogP contribution in [0.25, 0.3) is 0 Å². The number of hydrogen-bond acceptors (Lipinski definition) is 1. The molecule has 12 heavy (non-hydrogen) atoms. The highest BCUT2D eigenvalue weighted by Gasteiger charge is 1.99. The smallest absolute Gasteiger partial charge is 0.120 e. The number of aryl methyl sites for hydroxylation is 1. The van der Waals surface area contributed by atoms with Crippen LogP contribution in [0.5, 0.6) is 5.75 Å². The molecule has 0 amide bonds. The van der Waals surface area contributed by atoms with Crippen LogP contribution in [0.15, 0.2) is 18.2 Å². The predicted octanol–water partition coefficient (Wildman–Crippen LogP) is 3.44. The van der Waals surface area contributed by atoms with Crippen molar-refractivity contribution in [3.63, 3.8) is 0 Å². The second-order valence-corrected chi connectivity index (χ2v) is 3.48. The van der Waals surface area contributed by atoms with E-state index in [1.807, 2.05) is 39.0 Å². The topological polar surface area (TPSA) is 9.23 Å². The Morgan fingerprint density at radius 2 is 2.00 bits per heavy atom. The lowest BCUT2D eigenvalue weighted by Crippen LogP contribution is -2.05. The summed E-state index contributed by atoms with van der Waals surface area (Å²) in [6, 6.07) is 5.69. The minimum absolute atomic E-state index is 0.213. The summed E-state index contributed by atoms with van der Waals surface area (Å²) >= 11 is 5.86. The van der Waals surface area contributed by atoms with Crippen LogP contribution >= 0.6 is 11.6 Å². The number of benzene rings is 1. The van der Waals surface area contributed by atoms with E-state index in [0.29, 0.717) is 0 Å². The fourth-order valence-corrected chi connectivity index (χ4v) is 1.08. The van der Waals surface area contributed by atoms with Crippen LogP contribution in [-0.4, -0.2) is 6.10 Å². The largest absolute Gasteiger partial charge is 0.491 e. The van der Waals surface area contributed by atoms with Crippen molar-refractivity contribution in [2.24, 2.45) is 0 Å². The Bertz CT molecular complexity index is 269. The molecular weight excluding hydrogens is 172 g/mol. The van der Waals surface area contributed by atoms with E-state index in [-0.39, 0.29) is 6.10 Å². The van der Waals surface area contributed by atoms with Crippen molar-refractivity contribution in [2.45, 2.75) is 26.9 Å². The summed E-state index contributed by atoms with van der Waals surface area (Å²) in [4.78, 5) is 0. The first-order valence-electron chi connectivity index (χ1n) is 4.02. The molecule has 1 rings (SSSR count). The summed E-state index contributed by atoms with van der Waals surface area (Å²) in [6.07, 6.45) is 0.213. The normalized spacial score (nSPS) is 10.4. The van der Waals surface area contributed by atoms with Crippen molar-refractivity contribution in [2.75, 3.05) is 0 Å². The average molecular weight is 185 g/mol. The molecule has 0 spiro atoms. The lowest BCUT2D eigenvalue weighted by atomic mass is 10.2. The standard InChI is InChI=1S/C10H13ClO/c1-7(2)12-9-4-5-10(11)8(3)6-9/h4-7H,1-3H3. The zero-order valence-electron chi connectivity index (χ0n) is 7.60. The van der Waals surface area contributed by atoms with Gasteiger partial charge in [-0.25, -0.2) is 0 Å². The van der Waals surface area contributed by atoms with Crippen LogP contribution in [0.3, 0.4) is 0 Å². The molecule has 0 aliphatic rings. The van der Waals surface area contributed by atoms with Gasteiger partial charge in [0.25, 0.3) is 0 Å². The van der Waals surface area contributed by atoms with Gasteiger partial charge in [-0.3, -0.25) is 0 Å². The van der Waals surface area contributed by atoms with Crippen molar-refractivity contribution in [1.29, 1.82) is 0 Å². The Morgan fingerprint density at radius 1 is 1.33 bits per heavy atom. The van der Waals surface area contributed by atoms with Gasteiger partial charge in [0.2, 0.25) is 0 Å². The lowest BCUT2D eigenvalue weighted by molar-refractivity contribution is 0.242. The summed E-state index contributed by atoms with van der Waals surface area (Å²) in [5, 5.41) is 0.783.